The molecule has 1 aromatic carbocycles. The third-order valence-electron chi connectivity index (χ3n) is 2.27. The summed E-state index contributed by atoms with van der Waals surface area (Å²) in [5.41, 5.74) is -0.682. The van der Waals surface area contributed by atoms with Gasteiger partial charge in [-0.15, -0.1) is 0 Å². The second-order valence-electron chi connectivity index (χ2n) is 3.93. The summed E-state index contributed by atoms with van der Waals surface area (Å²) in [6.45, 7) is 0.0189. The van der Waals surface area contributed by atoms with E-state index in [9.17, 15) is 20.0 Å². The van der Waals surface area contributed by atoms with Crippen LogP contribution in [0.3, 0.4) is 0 Å². The first-order valence-corrected chi connectivity index (χ1v) is 5.10. The van der Waals surface area contributed by atoms with Crippen molar-refractivity contribution in [2.75, 3.05) is 27.7 Å². The van der Waals surface area contributed by atoms with Gasteiger partial charge in [0, 0.05) is 6.07 Å². The number of ketones is 1. The number of hydrogen-bond acceptors (Lipinski definition) is 6. The van der Waals surface area contributed by atoms with Crippen molar-refractivity contribution < 1.29 is 19.6 Å². The average molecular weight is 254 g/mol. The topological polar surface area (TPSA) is 92.9 Å². The number of ether oxygens (including phenoxy) is 1. The van der Waals surface area contributed by atoms with Crippen LogP contribution in [0.2, 0.25) is 0 Å². The predicted octanol–water partition coefficient (Wildman–Crippen LogP) is 1.05. The molecule has 1 rings (SSSR count). The summed E-state index contributed by atoms with van der Waals surface area (Å²) in [5, 5.41) is 20.5. The highest BCUT2D eigenvalue weighted by molar-refractivity contribution is 6.03. The minimum absolute atomic E-state index is 0.0189. The fraction of sp³-hybridized carbons (Fsp3) is 0.364. The molecule has 7 nitrogen and oxygen atoms in total. The van der Waals surface area contributed by atoms with Crippen LogP contribution >= 0.6 is 0 Å². The fourth-order valence-electron chi connectivity index (χ4n) is 1.51. The Bertz CT molecular complexity index is 485. The molecule has 0 bridgehead atoms. The first-order valence-electron chi connectivity index (χ1n) is 5.10. The quantitative estimate of drug-likeness (QED) is 0.479. The molecule has 0 radical (unpaired) electrons. The smallest absolute Gasteiger partial charge is 0.311 e. The minimum atomic E-state index is -0.749. The zero-order valence-corrected chi connectivity index (χ0v) is 10.3. The summed E-state index contributed by atoms with van der Waals surface area (Å²) in [6.07, 6.45) is 0. The van der Waals surface area contributed by atoms with Gasteiger partial charge >= 0.3 is 5.69 Å². The Morgan fingerprint density at radius 3 is 2.56 bits per heavy atom. The Kier molecular flexibility index (Phi) is 4.22. The normalized spacial score (nSPS) is 10.4. The molecule has 1 N–H and O–H groups in total. The summed E-state index contributed by atoms with van der Waals surface area (Å²) in [4.78, 5) is 23.5. The van der Waals surface area contributed by atoms with Crippen LogP contribution in [0.25, 0.3) is 0 Å². The standard InChI is InChI=1S/C11H14N2O5/c1-12(2)6-8(14)10-9(18-3)5-4-7(11(10)15)13(16)17/h4-5,15H,6H2,1-3H3. The van der Waals surface area contributed by atoms with Crippen molar-refractivity contribution in [3.63, 3.8) is 0 Å². The Morgan fingerprint density at radius 2 is 2.11 bits per heavy atom. The van der Waals surface area contributed by atoms with Gasteiger partial charge in [-0.1, -0.05) is 0 Å². The lowest BCUT2D eigenvalue weighted by molar-refractivity contribution is -0.385. The highest BCUT2D eigenvalue weighted by Gasteiger charge is 2.25. The number of nitro groups is 1. The van der Waals surface area contributed by atoms with Gasteiger partial charge in [-0.05, 0) is 20.2 Å². The highest BCUT2D eigenvalue weighted by atomic mass is 16.6. The van der Waals surface area contributed by atoms with Crippen LogP contribution < -0.4 is 4.74 Å². The molecule has 18 heavy (non-hydrogen) atoms. The van der Waals surface area contributed by atoms with Crippen molar-refractivity contribution in [3.8, 4) is 11.5 Å². The van der Waals surface area contributed by atoms with E-state index in [-0.39, 0.29) is 17.9 Å². The molecule has 0 amide bonds. The number of nitro benzene ring substituents is 1. The van der Waals surface area contributed by atoms with Crippen LogP contribution in [0.4, 0.5) is 5.69 Å². The molecule has 0 fully saturated rings. The van der Waals surface area contributed by atoms with Gasteiger partial charge < -0.3 is 14.7 Å². The number of rotatable bonds is 5. The van der Waals surface area contributed by atoms with Crippen LogP contribution in [0.1, 0.15) is 10.4 Å². The van der Waals surface area contributed by atoms with Crippen LogP contribution in [-0.4, -0.2) is 48.5 Å². The third kappa shape index (κ3) is 2.75. The van der Waals surface area contributed by atoms with E-state index in [1.807, 2.05) is 0 Å². The lowest BCUT2D eigenvalue weighted by Gasteiger charge is -2.12. The van der Waals surface area contributed by atoms with E-state index >= 15 is 0 Å². The lowest BCUT2D eigenvalue weighted by atomic mass is 10.1. The number of methoxy groups -OCH3 is 1. The molecule has 1 aromatic rings. The molecule has 7 heteroatoms. The maximum atomic E-state index is 11.9. The van der Waals surface area contributed by atoms with Gasteiger partial charge in [0.15, 0.2) is 5.78 Å². The monoisotopic (exact) mass is 254 g/mol. The average Bonchev–Trinajstić information content (AvgIpc) is 2.26. The van der Waals surface area contributed by atoms with E-state index < -0.39 is 22.1 Å². The molecule has 0 unspecified atom stereocenters. The molecule has 0 aliphatic rings. The van der Waals surface area contributed by atoms with Gasteiger partial charge in [0.1, 0.15) is 11.3 Å². The number of nitrogens with zero attached hydrogens (tertiary/aromatic N) is 2. The molecule has 0 heterocycles. The molecule has 98 valence electrons. The Labute approximate surface area is 104 Å². The van der Waals surface area contributed by atoms with Crippen molar-refractivity contribution >= 4 is 11.5 Å². The van der Waals surface area contributed by atoms with Crippen LogP contribution in [0.15, 0.2) is 12.1 Å². The number of aromatic hydroxyl groups is 1. The maximum Gasteiger partial charge on any atom is 0.311 e. The number of phenols is 1. The summed E-state index contributed by atoms with van der Waals surface area (Å²) in [7, 11) is 4.69. The first kappa shape index (κ1) is 13.9. The second kappa shape index (κ2) is 5.46. The molecule has 0 spiro atoms. The van der Waals surface area contributed by atoms with E-state index in [0.717, 1.165) is 6.07 Å². The van der Waals surface area contributed by atoms with E-state index in [0.29, 0.717) is 0 Å². The number of hydrogen-bond donors (Lipinski definition) is 1. The van der Waals surface area contributed by atoms with Crippen LogP contribution in [0.5, 0.6) is 11.5 Å². The number of carbonyl (C=O) groups excluding carboxylic acids is 1. The Morgan fingerprint density at radius 1 is 1.50 bits per heavy atom. The molecule has 0 aromatic heterocycles. The predicted molar refractivity (Wildman–Crippen MR) is 64.2 cm³/mol. The first-order chi connectivity index (χ1) is 8.38. The lowest BCUT2D eigenvalue weighted by Crippen LogP contribution is -2.22. The van der Waals surface area contributed by atoms with Crippen molar-refractivity contribution in [3.05, 3.63) is 27.8 Å². The number of phenolic OH excluding ortho intramolecular Hbond substituents is 1. The maximum absolute atomic E-state index is 11.9. The van der Waals surface area contributed by atoms with Crippen molar-refractivity contribution in [2.24, 2.45) is 0 Å². The van der Waals surface area contributed by atoms with Crippen molar-refractivity contribution in [2.45, 2.75) is 0 Å². The van der Waals surface area contributed by atoms with Crippen molar-refractivity contribution in [1.82, 2.24) is 4.90 Å². The van der Waals surface area contributed by atoms with Crippen molar-refractivity contribution in [1.29, 1.82) is 0 Å². The zero-order chi connectivity index (χ0) is 13.9. The molecule has 0 aliphatic carbocycles. The molecule has 0 saturated heterocycles. The molecule has 0 atom stereocenters. The SMILES string of the molecule is COc1ccc([N+](=O)[O-])c(O)c1C(=O)CN(C)C. The number of likely N-dealkylation sites (N-methyl/N-ethyl adjacent to an activating group) is 1. The van der Waals surface area contributed by atoms with Crippen LogP contribution in [-0.2, 0) is 0 Å². The highest BCUT2D eigenvalue weighted by Crippen LogP contribution is 2.36. The van der Waals surface area contributed by atoms with Gasteiger partial charge in [0.2, 0.25) is 5.75 Å². The number of carbonyl (C=O) groups is 1. The number of benzene rings is 1. The molecular formula is C11H14N2O5. The molecule has 0 aliphatic heterocycles. The molecular weight excluding hydrogens is 240 g/mol. The summed E-state index contributed by atoms with van der Waals surface area (Å²) in [6, 6.07) is 2.39. The molecule has 0 saturated carbocycles. The number of Topliss-reactive ketones (excluding diaryl/α,β-unsaturated/α-hetero) is 1. The van der Waals surface area contributed by atoms with Gasteiger partial charge in [0.05, 0.1) is 18.6 Å². The van der Waals surface area contributed by atoms with E-state index in [1.165, 1.54) is 13.2 Å². The second-order valence-corrected chi connectivity index (χ2v) is 3.93. The summed E-state index contributed by atoms with van der Waals surface area (Å²) in [5.74, 6) is -0.991. The van der Waals surface area contributed by atoms with Crippen LogP contribution in [0, 0.1) is 10.1 Å². The minimum Gasteiger partial charge on any atom is -0.501 e. The zero-order valence-electron chi connectivity index (χ0n) is 10.3. The third-order valence-corrected chi connectivity index (χ3v) is 2.27. The Hall–Kier alpha value is -2.15. The van der Waals surface area contributed by atoms with Gasteiger partial charge in [0.25, 0.3) is 0 Å². The van der Waals surface area contributed by atoms with E-state index in [2.05, 4.69) is 0 Å². The van der Waals surface area contributed by atoms with Gasteiger partial charge in [-0.25, -0.2) is 0 Å². The van der Waals surface area contributed by atoms with Gasteiger partial charge in [-0.2, -0.15) is 0 Å². The van der Waals surface area contributed by atoms with Gasteiger partial charge in [-0.3, -0.25) is 14.9 Å². The summed E-state index contributed by atoms with van der Waals surface area (Å²) < 4.78 is 4.94. The Balaban J connectivity index is 3.34. The largest absolute Gasteiger partial charge is 0.501 e. The van der Waals surface area contributed by atoms with E-state index in [4.69, 9.17) is 4.74 Å². The fourth-order valence-corrected chi connectivity index (χ4v) is 1.51. The summed E-state index contributed by atoms with van der Waals surface area (Å²) >= 11 is 0. The van der Waals surface area contributed by atoms with E-state index in [1.54, 1.807) is 19.0 Å².